The monoisotopic (exact) mass is 611 g/mol. The molecule has 46 heavy (non-hydrogen) atoms. The summed E-state index contributed by atoms with van der Waals surface area (Å²) in [5, 5.41) is 6.66. The van der Waals surface area contributed by atoms with Crippen LogP contribution in [0.2, 0.25) is 0 Å². The van der Waals surface area contributed by atoms with Gasteiger partial charge >= 0.3 is 11.9 Å². The van der Waals surface area contributed by atoms with Gasteiger partial charge in [0, 0.05) is 0 Å². The van der Waals surface area contributed by atoms with Crippen LogP contribution in [0.4, 0.5) is 0 Å². The third-order valence-corrected chi connectivity index (χ3v) is 6.75. The first-order valence-electron chi connectivity index (χ1n) is 14.4. The van der Waals surface area contributed by atoms with Crippen LogP contribution in [0.3, 0.4) is 0 Å². The molecule has 0 radical (unpaired) electrons. The number of hydrogen-bond donors (Lipinski definition) is 2. The SMILES string of the molecule is O=C(CNC(=O)C(c1ccccc1)c1ccccc1)NN=Cc1ccc(OC(=O)c2ccccc2)c(OC(=O)c2ccccc2)c1. The van der Waals surface area contributed by atoms with Crippen LogP contribution >= 0.6 is 0 Å². The fourth-order valence-corrected chi connectivity index (χ4v) is 4.51. The van der Waals surface area contributed by atoms with Gasteiger partial charge in [-0.1, -0.05) is 97.1 Å². The van der Waals surface area contributed by atoms with Gasteiger partial charge in [0.2, 0.25) is 5.91 Å². The molecule has 228 valence electrons. The molecule has 0 fully saturated rings. The van der Waals surface area contributed by atoms with Crippen LogP contribution in [0.1, 0.15) is 43.3 Å². The molecule has 2 amide bonds. The molecule has 0 aliphatic carbocycles. The first-order valence-corrected chi connectivity index (χ1v) is 14.4. The van der Waals surface area contributed by atoms with Gasteiger partial charge in [0.05, 0.1) is 29.8 Å². The summed E-state index contributed by atoms with van der Waals surface area (Å²) in [5.41, 5.74) is 5.04. The molecule has 0 aliphatic rings. The molecule has 0 bridgehead atoms. The van der Waals surface area contributed by atoms with Crippen molar-refractivity contribution >= 4 is 30.0 Å². The molecule has 5 aromatic carbocycles. The molecule has 0 unspecified atom stereocenters. The number of esters is 2. The molecule has 5 aromatic rings. The van der Waals surface area contributed by atoms with Crippen LogP contribution in [0.5, 0.6) is 11.5 Å². The molecule has 0 atom stereocenters. The van der Waals surface area contributed by atoms with Crippen molar-refractivity contribution in [1.82, 2.24) is 10.7 Å². The Balaban J connectivity index is 1.25. The van der Waals surface area contributed by atoms with Gasteiger partial charge in [-0.3, -0.25) is 9.59 Å². The predicted octanol–water partition coefficient (Wildman–Crippen LogP) is 5.52. The summed E-state index contributed by atoms with van der Waals surface area (Å²) >= 11 is 0. The number of carbonyl (C=O) groups is 4. The molecular formula is C37H29N3O6. The zero-order valence-electron chi connectivity index (χ0n) is 24.5. The van der Waals surface area contributed by atoms with Gasteiger partial charge in [-0.05, 0) is 59.2 Å². The zero-order valence-corrected chi connectivity index (χ0v) is 24.5. The van der Waals surface area contributed by atoms with Crippen molar-refractivity contribution in [3.63, 3.8) is 0 Å². The van der Waals surface area contributed by atoms with E-state index < -0.39 is 23.8 Å². The highest BCUT2D eigenvalue weighted by molar-refractivity contribution is 5.94. The Bertz CT molecular complexity index is 1790. The molecule has 0 spiro atoms. The molecule has 0 heterocycles. The van der Waals surface area contributed by atoms with E-state index in [1.165, 1.54) is 18.3 Å². The Kier molecular flexibility index (Phi) is 10.4. The molecular weight excluding hydrogens is 582 g/mol. The summed E-state index contributed by atoms with van der Waals surface area (Å²) in [4.78, 5) is 51.2. The zero-order chi connectivity index (χ0) is 32.1. The normalized spacial score (nSPS) is 10.7. The van der Waals surface area contributed by atoms with Crippen LogP contribution in [0.15, 0.2) is 145 Å². The first-order chi connectivity index (χ1) is 22.5. The van der Waals surface area contributed by atoms with Crippen molar-refractivity contribution in [1.29, 1.82) is 0 Å². The number of nitrogens with one attached hydrogen (secondary N) is 2. The van der Waals surface area contributed by atoms with Crippen molar-refractivity contribution in [2.24, 2.45) is 5.10 Å². The van der Waals surface area contributed by atoms with E-state index in [0.29, 0.717) is 16.7 Å². The fourth-order valence-electron chi connectivity index (χ4n) is 4.51. The van der Waals surface area contributed by atoms with Gasteiger partial charge in [-0.15, -0.1) is 0 Å². The van der Waals surface area contributed by atoms with Crippen LogP contribution < -0.4 is 20.2 Å². The maximum Gasteiger partial charge on any atom is 0.343 e. The molecule has 9 heteroatoms. The minimum absolute atomic E-state index is 0.0199. The second kappa shape index (κ2) is 15.4. The van der Waals surface area contributed by atoms with Gasteiger partial charge in [0.25, 0.3) is 5.91 Å². The Morgan fingerprint density at radius 2 is 1.09 bits per heavy atom. The number of rotatable bonds is 11. The van der Waals surface area contributed by atoms with Crippen molar-refractivity contribution in [2.45, 2.75) is 5.92 Å². The fraction of sp³-hybridized carbons (Fsp3) is 0.0541. The van der Waals surface area contributed by atoms with Gasteiger partial charge in [0.15, 0.2) is 11.5 Å². The number of benzene rings is 5. The lowest BCUT2D eigenvalue weighted by molar-refractivity contribution is -0.126. The second-order valence-corrected chi connectivity index (χ2v) is 9.98. The lowest BCUT2D eigenvalue weighted by atomic mass is 9.90. The van der Waals surface area contributed by atoms with Gasteiger partial charge in [0.1, 0.15) is 0 Å². The summed E-state index contributed by atoms with van der Waals surface area (Å²) in [6.45, 7) is -0.305. The highest BCUT2D eigenvalue weighted by Crippen LogP contribution is 2.30. The molecule has 2 N–H and O–H groups in total. The number of nitrogens with zero attached hydrogens (tertiary/aromatic N) is 1. The van der Waals surface area contributed by atoms with Gasteiger partial charge < -0.3 is 14.8 Å². The second-order valence-electron chi connectivity index (χ2n) is 9.98. The molecule has 0 aliphatic heterocycles. The molecule has 5 rings (SSSR count). The van der Waals surface area contributed by atoms with E-state index in [4.69, 9.17) is 9.47 Å². The highest BCUT2D eigenvalue weighted by atomic mass is 16.6. The standard InChI is InChI=1S/C37H29N3O6/c41-33(25-38-35(42)34(27-13-5-1-6-14-27)28-15-7-2-8-16-28)40-39-24-26-21-22-31(45-36(43)29-17-9-3-10-18-29)32(23-26)46-37(44)30-19-11-4-12-20-30/h1-24,34H,25H2,(H,38,42)(H,40,41). The van der Waals surface area contributed by atoms with E-state index in [1.54, 1.807) is 66.7 Å². The minimum atomic E-state index is -0.653. The van der Waals surface area contributed by atoms with E-state index in [-0.39, 0.29) is 24.0 Å². The summed E-state index contributed by atoms with van der Waals surface area (Å²) < 4.78 is 11.1. The van der Waals surface area contributed by atoms with E-state index in [2.05, 4.69) is 15.8 Å². The molecule has 0 saturated carbocycles. The molecule has 0 aromatic heterocycles. The number of amides is 2. The Morgan fingerprint density at radius 3 is 1.61 bits per heavy atom. The van der Waals surface area contributed by atoms with E-state index in [9.17, 15) is 19.2 Å². The largest absolute Gasteiger partial charge is 0.419 e. The van der Waals surface area contributed by atoms with Crippen LogP contribution in [-0.4, -0.2) is 36.5 Å². The van der Waals surface area contributed by atoms with E-state index in [1.807, 2.05) is 60.7 Å². The topological polar surface area (TPSA) is 123 Å². The predicted molar refractivity (Wildman–Crippen MR) is 173 cm³/mol. The Morgan fingerprint density at radius 1 is 0.609 bits per heavy atom. The average Bonchev–Trinajstić information content (AvgIpc) is 3.10. The smallest absolute Gasteiger partial charge is 0.343 e. The lowest BCUT2D eigenvalue weighted by Gasteiger charge is -2.17. The van der Waals surface area contributed by atoms with Crippen molar-refractivity contribution in [3.8, 4) is 11.5 Å². The van der Waals surface area contributed by atoms with Gasteiger partial charge in [-0.25, -0.2) is 15.0 Å². The number of ether oxygens (including phenoxy) is 2. The number of hydrogen-bond acceptors (Lipinski definition) is 7. The van der Waals surface area contributed by atoms with Crippen molar-refractivity contribution in [2.75, 3.05) is 6.54 Å². The first kappa shape index (κ1) is 31.1. The summed E-state index contributed by atoms with van der Waals surface area (Å²) in [6, 6.07) is 39.9. The lowest BCUT2D eigenvalue weighted by Crippen LogP contribution is -2.37. The van der Waals surface area contributed by atoms with Crippen LogP contribution in [-0.2, 0) is 9.59 Å². The third kappa shape index (κ3) is 8.39. The Hall–Kier alpha value is -6.35. The maximum absolute atomic E-state index is 13.2. The average molecular weight is 612 g/mol. The van der Waals surface area contributed by atoms with Gasteiger partial charge in [-0.2, -0.15) is 5.10 Å². The quantitative estimate of drug-likeness (QED) is 0.0877. The van der Waals surface area contributed by atoms with Crippen LogP contribution in [0, 0.1) is 0 Å². The summed E-state index contributed by atoms with van der Waals surface area (Å²) in [6.07, 6.45) is 1.33. The number of carbonyl (C=O) groups excluding carboxylic acids is 4. The van der Waals surface area contributed by atoms with Crippen molar-refractivity contribution in [3.05, 3.63) is 167 Å². The maximum atomic E-state index is 13.2. The summed E-state index contributed by atoms with van der Waals surface area (Å²) in [5.74, 6) is -2.75. The number of hydrazone groups is 1. The molecule has 0 saturated heterocycles. The highest BCUT2D eigenvalue weighted by Gasteiger charge is 2.23. The van der Waals surface area contributed by atoms with Crippen molar-refractivity contribution < 1.29 is 28.7 Å². The van der Waals surface area contributed by atoms with E-state index >= 15 is 0 Å². The van der Waals surface area contributed by atoms with Crippen LogP contribution in [0.25, 0.3) is 0 Å². The summed E-state index contributed by atoms with van der Waals surface area (Å²) in [7, 11) is 0. The minimum Gasteiger partial charge on any atom is -0.419 e. The third-order valence-electron chi connectivity index (χ3n) is 6.75. The Labute approximate surface area is 265 Å². The molecule has 9 nitrogen and oxygen atoms in total. The van der Waals surface area contributed by atoms with E-state index in [0.717, 1.165) is 11.1 Å².